The number of nitrogen functional groups attached to an aromatic ring is 1. The zero-order valence-electron chi connectivity index (χ0n) is 25.6. The van der Waals surface area contributed by atoms with E-state index in [2.05, 4.69) is 20.0 Å². The van der Waals surface area contributed by atoms with E-state index >= 15 is 0 Å². The Labute approximate surface area is 261 Å². The quantitative estimate of drug-likeness (QED) is 0.156. The van der Waals surface area contributed by atoms with Crippen LogP contribution in [0.25, 0.3) is 21.9 Å². The molecule has 2 aliphatic rings. The highest BCUT2D eigenvalue weighted by atomic mass is 31.2. The fourth-order valence-electron chi connectivity index (χ4n) is 6.02. The summed E-state index contributed by atoms with van der Waals surface area (Å²) in [5, 5.41) is 4.51. The Morgan fingerprint density at radius 1 is 1.16 bits per heavy atom. The van der Waals surface area contributed by atoms with E-state index in [1.54, 1.807) is 23.9 Å². The van der Waals surface area contributed by atoms with E-state index in [-0.39, 0.29) is 30.5 Å². The third-order valence-electron chi connectivity index (χ3n) is 8.27. The number of ether oxygens (including phenoxy) is 3. The molecular weight excluding hydrogens is 599 g/mol. The van der Waals surface area contributed by atoms with Crippen molar-refractivity contribution >= 4 is 41.6 Å². The van der Waals surface area contributed by atoms with Gasteiger partial charge in [0.2, 0.25) is 11.8 Å². The molecule has 0 bridgehead atoms. The van der Waals surface area contributed by atoms with Gasteiger partial charge in [0, 0.05) is 11.3 Å². The maximum atomic E-state index is 14.4. The van der Waals surface area contributed by atoms with Gasteiger partial charge in [-0.3, -0.25) is 13.9 Å². The lowest BCUT2D eigenvalue weighted by molar-refractivity contribution is -0.152. The Hall–Kier alpha value is -3.77. The van der Waals surface area contributed by atoms with Crippen LogP contribution in [0.15, 0.2) is 48.8 Å². The van der Waals surface area contributed by atoms with E-state index < -0.39 is 32.1 Å². The van der Waals surface area contributed by atoms with Crippen molar-refractivity contribution in [2.75, 3.05) is 19.5 Å². The smallest absolute Gasteiger partial charge is 0.459 e. The number of nitrogens with zero attached hydrogens (tertiary/aromatic N) is 4. The SMILES string of the molecule is COc1nc(N)nc2c1ncn2C1OC(COP(=O)(NC(C)C(=O)OC2CCCCC2)Oc2cccc3ccccc23)CC1C. The number of nitrogens with one attached hydrogen (secondary N) is 1. The number of nitrogens with two attached hydrogens (primary N) is 1. The highest BCUT2D eigenvalue weighted by Gasteiger charge is 2.39. The lowest BCUT2D eigenvalue weighted by Gasteiger charge is -2.27. The molecule has 240 valence electrons. The van der Waals surface area contributed by atoms with E-state index in [1.165, 1.54) is 7.11 Å². The van der Waals surface area contributed by atoms with Gasteiger partial charge in [-0.2, -0.15) is 15.1 Å². The zero-order valence-corrected chi connectivity index (χ0v) is 26.5. The molecule has 0 amide bonds. The summed E-state index contributed by atoms with van der Waals surface area (Å²) >= 11 is 0. The van der Waals surface area contributed by atoms with Crippen molar-refractivity contribution in [3.8, 4) is 11.6 Å². The van der Waals surface area contributed by atoms with Crippen molar-refractivity contribution in [2.24, 2.45) is 5.92 Å². The second kappa shape index (κ2) is 13.3. The number of carbonyl (C=O) groups is 1. The number of rotatable bonds is 11. The molecule has 1 aliphatic carbocycles. The first kappa shape index (κ1) is 31.2. The predicted octanol–water partition coefficient (Wildman–Crippen LogP) is 5.55. The number of fused-ring (bicyclic) bond motifs is 2. The number of aromatic nitrogens is 4. The summed E-state index contributed by atoms with van der Waals surface area (Å²) < 4.78 is 45.7. The van der Waals surface area contributed by atoms with Crippen LogP contribution in [0.4, 0.5) is 5.95 Å². The van der Waals surface area contributed by atoms with Gasteiger partial charge in [0.1, 0.15) is 24.1 Å². The Balaban J connectivity index is 1.19. The predicted molar refractivity (Wildman–Crippen MR) is 168 cm³/mol. The molecule has 6 rings (SSSR count). The lowest BCUT2D eigenvalue weighted by Crippen LogP contribution is -2.37. The molecule has 4 aromatic rings. The highest BCUT2D eigenvalue weighted by molar-refractivity contribution is 7.52. The third kappa shape index (κ3) is 6.91. The van der Waals surface area contributed by atoms with E-state index in [4.69, 9.17) is 29.0 Å². The van der Waals surface area contributed by atoms with Crippen LogP contribution in [0, 0.1) is 5.92 Å². The van der Waals surface area contributed by atoms with Crippen LogP contribution in [0.2, 0.25) is 0 Å². The molecule has 0 spiro atoms. The van der Waals surface area contributed by atoms with E-state index in [0.717, 1.165) is 42.9 Å². The molecular formula is C31H39N6O7P. The average Bonchev–Trinajstić information content (AvgIpc) is 3.62. The molecule has 14 heteroatoms. The van der Waals surface area contributed by atoms with Crippen LogP contribution in [-0.2, 0) is 23.4 Å². The van der Waals surface area contributed by atoms with Gasteiger partial charge < -0.3 is 24.5 Å². The van der Waals surface area contributed by atoms with Gasteiger partial charge in [0.25, 0.3) is 0 Å². The van der Waals surface area contributed by atoms with Gasteiger partial charge in [0.05, 0.1) is 26.1 Å². The first-order valence-corrected chi connectivity index (χ1v) is 16.9. The number of methoxy groups -OCH3 is 1. The van der Waals surface area contributed by atoms with Crippen LogP contribution >= 0.6 is 7.75 Å². The van der Waals surface area contributed by atoms with Crippen molar-refractivity contribution in [1.82, 2.24) is 24.6 Å². The van der Waals surface area contributed by atoms with Gasteiger partial charge in [-0.25, -0.2) is 9.55 Å². The normalized spacial score (nSPS) is 22.7. The molecule has 1 saturated carbocycles. The number of anilines is 1. The van der Waals surface area contributed by atoms with Gasteiger partial charge in [-0.15, -0.1) is 0 Å². The highest BCUT2D eigenvalue weighted by Crippen LogP contribution is 2.48. The van der Waals surface area contributed by atoms with E-state index in [0.29, 0.717) is 23.3 Å². The fraction of sp³-hybridized carbons (Fsp3) is 0.484. The molecule has 2 fully saturated rings. The number of imidazole rings is 1. The monoisotopic (exact) mass is 638 g/mol. The topological polar surface area (TPSA) is 162 Å². The number of carbonyl (C=O) groups excluding carboxylic acids is 1. The maximum absolute atomic E-state index is 14.4. The second-order valence-corrected chi connectivity index (χ2v) is 13.4. The van der Waals surface area contributed by atoms with Crippen LogP contribution < -0.4 is 20.1 Å². The molecule has 0 radical (unpaired) electrons. The molecule has 5 unspecified atom stereocenters. The molecule has 1 saturated heterocycles. The summed E-state index contributed by atoms with van der Waals surface area (Å²) in [7, 11) is -2.63. The van der Waals surface area contributed by atoms with Crippen LogP contribution in [-0.4, -0.2) is 57.5 Å². The van der Waals surface area contributed by atoms with Gasteiger partial charge in [-0.05, 0) is 50.5 Å². The van der Waals surface area contributed by atoms with Gasteiger partial charge in [0.15, 0.2) is 11.2 Å². The maximum Gasteiger partial charge on any atom is 0.459 e. The number of benzene rings is 2. The Morgan fingerprint density at radius 2 is 1.93 bits per heavy atom. The lowest BCUT2D eigenvalue weighted by atomic mass is 9.98. The molecule has 2 aromatic heterocycles. The van der Waals surface area contributed by atoms with Crippen molar-refractivity contribution in [3.05, 3.63) is 48.8 Å². The standard InChI is InChI=1S/C31H39N6O7P/c1-19-16-23(42-29(19)37-18-33-26-27(37)34-31(32)35-28(26)40-3)17-41-45(39,36-20(2)30(38)43-22-12-5-4-6-13-22)44-25-15-9-11-21-10-7-8-14-24(21)25/h7-11,14-15,18-20,22-23,29H,4-6,12-13,16-17H2,1-3H3,(H,36,39)(H2,32,34,35). The van der Waals surface area contributed by atoms with Crippen LogP contribution in [0.3, 0.4) is 0 Å². The third-order valence-corrected chi connectivity index (χ3v) is 9.90. The van der Waals surface area contributed by atoms with Crippen molar-refractivity contribution in [2.45, 2.75) is 76.9 Å². The molecule has 3 N–H and O–H groups in total. The zero-order chi connectivity index (χ0) is 31.6. The number of hydrogen-bond donors (Lipinski definition) is 2. The fourth-order valence-corrected chi connectivity index (χ4v) is 7.56. The average molecular weight is 639 g/mol. The van der Waals surface area contributed by atoms with Crippen molar-refractivity contribution in [3.63, 3.8) is 0 Å². The van der Waals surface area contributed by atoms with Crippen LogP contribution in [0.1, 0.15) is 58.6 Å². The van der Waals surface area contributed by atoms with Gasteiger partial charge in [-0.1, -0.05) is 49.7 Å². The first-order valence-electron chi connectivity index (χ1n) is 15.3. The summed E-state index contributed by atoms with van der Waals surface area (Å²) in [5.74, 6) is 0.220. The van der Waals surface area contributed by atoms with E-state index in [1.807, 2.05) is 43.3 Å². The first-order chi connectivity index (χ1) is 21.7. The minimum Gasteiger partial charge on any atom is -0.479 e. The summed E-state index contributed by atoms with van der Waals surface area (Å²) in [4.78, 5) is 25.9. The molecule has 1 aliphatic heterocycles. The van der Waals surface area contributed by atoms with E-state index in [9.17, 15) is 9.36 Å². The number of esters is 1. The number of hydrogen-bond acceptors (Lipinski definition) is 11. The minimum atomic E-state index is -4.12. The Bertz CT molecular complexity index is 1710. The van der Waals surface area contributed by atoms with Crippen molar-refractivity contribution in [1.29, 1.82) is 0 Å². The Kier molecular flexibility index (Phi) is 9.23. The van der Waals surface area contributed by atoms with Gasteiger partial charge >= 0.3 is 13.7 Å². The summed E-state index contributed by atoms with van der Waals surface area (Å²) in [6, 6.07) is 12.1. The summed E-state index contributed by atoms with van der Waals surface area (Å²) in [5.41, 5.74) is 6.85. The largest absolute Gasteiger partial charge is 0.479 e. The molecule has 5 atom stereocenters. The minimum absolute atomic E-state index is 0.0221. The molecule has 13 nitrogen and oxygen atoms in total. The summed E-state index contributed by atoms with van der Waals surface area (Å²) in [6.07, 6.45) is 6.02. The Morgan fingerprint density at radius 3 is 2.73 bits per heavy atom. The van der Waals surface area contributed by atoms with Crippen LogP contribution in [0.5, 0.6) is 11.6 Å². The second-order valence-electron chi connectivity index (χ2n) is 11.7. The molecule has 3 heterocycles. The van der Waals surface area contributed by atoms with Crippen molar-refractivity contribution < 1.29 is 32.6 Å². The summed E-state index contributed by atoms with van der Waals surface area (Å²) in [6.45, 7) is 3.57. The molecule has 2 aromatic carbocycles. The molecule has 45 heavy (non-hydrogen) atoms.